The summed E-state index contributed by atoms with van der Waals surface area (Å²) in [6, 6.07) is 4.41. The number of carbonyl (C=O) groups excluding carboxylic acids is 1. The van der Waals surface area contributed by atoms with Crippen LogP contribution in [0.2, 0.25) is 0 Å². The van der Waals surface area contributed by atoms with Gasteiger partial charge in [-0.3, -0.25) is 4.79 Å². The van der Waals surface area contributed by atoms with Crippen LogP contribution in [0.25, 0.3) is 0 Å². The van der Waals surface area contributed by atoms with Gasteiger partial charge in [0.1, 0.15) is 5.75 Å². The molecular formula is C9H6F2O4. The largest absolute Gasteiger partial charge is 0.475 e. The third-order valence-corrected chi connectivity index (χ3v) is 1.54. The normalized spacial score (nSPS) is 10.1. The molecule has 0 radical (unpaired) electrons. The summed E-state index contributed by atoms with van der Waals surface area (Å²) >= 11 is 0. The van der Waals surface area contributed by atoms with Gasteiger partial charge in [0.05, 0.1) is 0 Å². The van der Waals surface area contributed by atoms with Crippen molar-refractivity contribution in [3.05, 3.63) is 29.8 Å². The molecule has 80 valence electrons. The number of benzene rings is 1. The predicted molar refractivity (Wildman–Crippen MR) is 45.0 cm³/mol. The van der Waals surface area contributed by atoms with E-state index in [1.165, 1.54) is 0 Å². The summed E-state index contributed by atoms with van der Waals surface area (Å²) < 4.78 is 27.5. The fourth-order valence-electron chi connectivity index (χ4n) is 0.911. The quantitative estimate of drug-likeness (QED) is 0.612. The van der Waals surface area contributed by atoms with Crippen LogP contribution in [-0.4, -0.2) is 23.5 Å². The third kappa shape index (κ3) is 3.01. The van der Waals surface area contributed by atoms with E-state index >= 15 is 0 Å². The number of carboxylic acids is 1. The van der Waals surface area contributed by atoms with E-state index in [4.69, 9.17) is 5.11 Å². The molecule has 1 rings (SSSR count). The van der Waals surface area contributed by atoms with Gasteiger partial charge in [-0.2, -0.15) is 8.78 Å². The number of halogens is 2. The van der Waals surface area contributed by atoms with Crippen molar-refractivity contribution in [1.82, 2.24) is 0 Å². The van der Waals surface area contributed by atoms with Gasteiger partial charge in [0.2, 0.25) is 0 Å². The molecule has 0 amide bonds. The van der Waals surface area contributed by atoms with Crippen molar-refractivity contribution in [3.63, 3.8) is 0 Å². The number of rotatable bonds is 4. The van der Waals surface area contributed by atoms with Gasteiger partial charge in [0.15, 0.2) is 0 Å². The van der Waals surface area contributed by atoms with Crippen LogP contribution in [-0.2, 0) is 4.79 Å². The Morgan fingerprint density at radius 1 is 1.20 bits per heavy atom. The van der Waals surface area contributed by atoms with Crippen LogP contribution in [0.15, 0.2) is 24.3 Å². The lowest BCUT2D eigenvalue weighted by atomic mass is 10.1. The summed E-state index contributed by atoms with van der Waals surface area (Å²) in [5, 5.41) is 8.35. The van der Waals surface area contributed by atoms with E-state index in [2.05, 4.69) is 4.74 Å². The predicted octanol–water partition coefficient (Wildman–Crippen LogP) is 1.56. The van der Waals surface area contributed by atoms with Gasteiger partial charge >= 0.3 is 12.6 Å². The summed E-state index contributed by atoms with van der Waals surface area (Å²) in [5.41, 5.74) is -0.0934. The smallest absolute Gasteiger partial charge is 0.387 e. The first-order valence-electron chi connectivity index (χ1n) is 3.83. The molecule has 0 fully saturated rings. The Hall–Kier alpha value is -1.98. The van der Waals surface area contributed by atoms with Crippen LogP contribution in [0.3, 0.4) is 0 Å². The monoisotopic (exact) mass is 216 g/mol. The second-order valence-electron chi connectivity index (χ2n) is 2.54. The highest BCUT2D eigenvalue weighted by molar-refractivity contribution is 6.39. The third-order valence-electron chi connectivity index (χ3n) is 1.54. The number of hydrogen-bond donors (Lipinski definition) is 1. The summed E-state index contributed by atoms with van der Waals surface area (Å²) in [6.45, 7) is -2.95. The zero-order chi connectivity index (χ0) is 11.4. The topological polar surface area (TPSA) is 63.6 Å². The van der Waals surface area contributed by atoms with E-state index < -0.39 is 18.4 Å². The van der Waals surface area contributed by atoms with Crippen LogP contribution in [0.1, 0.15) is 10.4 Å². The number of ketones is 1. The van der Waals surface area contributed by atoms with E-state index in [0.717, 1.165) is 24.3 Å². The maximum atomic E-state index is 11.7. The molecule has 0 bridgehead atoms. The minimum absolute atomic E-state index is 0.0934. The molecule has 6 heteroatoms. The minimum atomic E-state index is -2.95. The average molecular weight is 216 g/mol. The van der Waals surface area contributed by atoms with Gasteiger partial charge in [-0.25, -0.2) is 4.79 Å². The zero-order valence-corrected chi connectivity index (χ0v) is 7.31. The van der Waals surface area contributed by atoms with E-state index in [1.807, 2.05) is 0 Å². The Kier molecular flexibility index (Phi) is 3.33. The molecule has 0 saturated heterocycles. The number of aliphatic carboxylic acids is 1. The van der Waals surface area contributed by atoms with Crippen LogP contribution in [0, 0.1) is 0 Å². The molecule has 1 N–H and O–H groups in total. The van der Waals surface area contributed by atoms with Gasteiger partial charge in [0, 0.05) is 5.56 Å². The van der Waals surface area contributed by atoms with Gasteiger partial charge < -0.3 is 9.84 Å². The first kappa shape index (κ1) is 11.1. The Balaban J connectivity index is 2.81. The Morgan fingerprint density at radius 2 is 1.73 bits per heavy atom. The number of hydrogen-bond acceptors (Lipinski definition) is 3. The molecule has 0 aliphatic rings. The lowest BCUT2D eigenvalue weighted by Crippen LogP contribution is -2.12. The molecule has 0 spiro atoms. The summed E-state index contributed by atoms with van der Waals surface area (Å²) in [6.07, 6.45) is 0. The van der Waals surface area contributed by atoms with Gasteiger partial charge in [-0.15, -0.1) is 0 Å². The highest BCUT2D eigenvalue weighted by atomic mass is 19.3. The molecule has 0 saturated carbocycles. The molecule has 1 aromatic carbocycles. The number of Topliss-reactive ketones (excluding diaryl/α,β-unsaturated/α-hetero) is 1. The molecule has 0 aliphatic carbocycles. The van der Waals surface area contributed by atoms with Gasteiger partial charge in [-0.05, 0) is 24.3 Å². The lowest BCUT2D eigenvalue weighted by Gasteiger charge is -2.03. The maximum absolute atomic E-state index is 11.7. The van der Waals surface area contributed by atoms with Crippen molar-refractivity contribution in [3.8, 4) is 5.75 Å². The lowest BCUT2D eigenvalue weighted by molar-refractivity contribution is -0.131. The molecule has 0 heterocycles. The summed E-state index contributed by atoms with van der Waals surface area (Å²) in [4.78, 5) is 21.2. The molecule has 0 aromatic heterocycles. The van der Waals surface area contributed by atoms with Crippen molar-refractivity contribution < 1.29 is 28.2 Å². The Morgan fingerprint density at radius 3 is 2.13 bits per heavy atom. The van der Waals surface area contributed by atoms with E-state index in [-0.39, 0.29) is 11.3 Å². The van der Waals surface area contributed by atoms with Crippen LogP contribution >= 0.6 is 0 Å². The molecule has 0 aliphatic heterocycles. The average Bonchev–Trinajstić information content (AvgIpc) is 2.17. The van der Waals surface area contributed by atoms with Crippen molar-refractivity contribution in [2.75, 3.05) is 0 Å². The van der Waals surface area contributed by atoms with Crippen LogP contribution < -0.4 is 4.74 Å². The number of alkyl halides is 2. The molecule has 1 aromatic rings. The first-order chi connectivity index (χ1) is 7.00. The number of carbonyl (C=O) groups is 2. The number of ether oxygens (including phenoxy) is 1. The molecule has 0 unspecified atom stereocenters. The van der Waals surface area contributed by atoms with Crippen molar-refractivity contribution in [1.29, 1.82) is 0 Å². The van der Waals surface area contributed by atoms with E-state index in [9.17, 15) is 18.4 Å². The highest BCUT2D eigenvalue weighted by Gasteiger charge is 2.14. The number of carboxylic acid groups (broad SMARTS) is 1. The molecule has 15 heavy (non-hydrogen) atoms. The van der Waals surface area contributed by atoms with E-state index in [0.29, 0.717) is 0 Å². The minimum Gasteiger partial charge on any atom is -0.475 e. The van der Waals surface area contributed by atoms with Crippen molar-refractivity contribution in [2.45, 2.75) is 6.61 Å². The summed E-state index contributed by atoms with van der Waals surface area (Å²) in [7, 11) is 0. The SMILES string of the molecule is O=C(O)C(=O)c1ccc(OC(F)F)cc1. The van der Waals surface area contributed by atoms with Crippen molar-refractivity contribution >= 4 is 11.8 Å². The van der Waals surface area contributed by atoms with Gasteiger partial charge in [0.25, 0.3) is 5.78 Å². The van der Waals surface area contributed by atoms with Crippen molar-refractivity contribution in [2.24, 2.45) is 0 Å². The molecular weight excluding hydrogens is 210 g/mol. The van der Waals surface area contributed by atoms with Crippen LogP contribution in [0.4, 0.5) is 8.78 Å². The highest BCUT2D eigenvalue weighted by Crippen LogP contribution is 2.15. The first-order valence-corrected chi connectivity index (χ1v) is 3.83. The molecule has 4 nitrogen and oxygen atoms in total. The zero-order valence-electron chi connectivity index (χ0n) is 7.31. The fraction of sp³-hybridized carbons (Fsp3) is 0.111. The standard InChI is InChI=1S/C9H6F2O4/c10-9(11)15-6-3-1-5(2-4-6)7(12)8(13)14/h1-4,9H,(H,13,14). The maximum Gasteiger partial charge on any atom is 0.387 e. The summed E-state index contributed by atoms with van der Waals surface area (Å²) in [5.74, 6) is -2.83. The Labute approximate surface area is 83.1 Å². The van der Waals surface area contributed by atoms with E-state index in [1.54, 1.807) is 0 Å². The second-order valence-corrected chi connectivity index (χ2v) is 2.54. The van der Waals surface area contributed by atoms with Gasteiger partial charge in [-0.1, -0.05) is 0 Å². The fourth-order valence-corrected chi connectivity index (χ4v) is 0.911. The van der Waals surface area contributed by atoms with Crippen LogP contribution in [0.5, 0.6) is 5.75 Å². The Bertz CT molecular complexity index is 372. The second kappa shape index (κ2) is 4.50. The molecule has 0 atom stereocenters.